The van der Waals surface area contributed by atoms with Gasteiger partial charge in [0, 0.05) is 36.7 Å². The van der Waals surface area contributed by atoms with Gasteiger partial charge in [-0.15, -0.1) is 0 Å². The lowest BCUT2D eigenvalue weighted by Gasteiger charge is -2.17. The average molecular weight is 389 g/mol. The van der Waals surface area contributed by atoms with Crippen molar-refractivity contribution in [2.24, 2.45) is 0 Å². The third-order valence-electron chi connectivity index (χ3n) is 4.40. The maximum Gasteiger partial charge on any atom is 0.293 e. The molecule has 9 heteroatoms. The lowest BCUT2D eigenvalue weighted by atomic mass is 10.1. The summed E-state index contributed by atoms with van der Waals surface area (Å²) in [5.41, 5.74) is 0.825. The Bertz CT molecular complexity index is 998. The van der Waals surface area contributed by atoms with Crippen molar-refractivity contribution >= 4 is 32.8 Å². The van der Waals surface area contributed by atoms with Crippen LogP contribution >= 0.6 is 0 Å². The van der Waals surface area contributed by atoms with Gasteiger partial charge in [-0.3, -0.25) is 14.9 Å². The molecular weight excluding hydrogens is 370 g/mol. The van der Waals surface area contributed by atoms with Crippen molar-refractivity contribution in [2.75, 3.05) is 29.6 Å². The van der Waals surface area contributed by atoms with Gasteiger partial charge < -0.3 is 10.2 Å². The van der Waals surface area contributed by atoms with Crippen LogP contribution in [0.2, 0.25) is 0 Å². The topological polar surface area (TPSA) is 110 Å². The first kappa shape index (κ1) is 18.8. The van der Waals surface area contributed by atoms with Gasteiger partial charge in [-0.2, -0.15) is 0 Å². The summed E-state index contributed by atoms with van der Waals surface area (Å²) in [6.45, 7) is 1.51. The molecule has 0 unspecified atom stereocenters. The zero-order valence-corrected chi connectivity index (χ0v) is 15.5. The van der Waals surface area contributed by atoms with Crippen LogP contribution in [0, 0.1) is 10.1 Å². The average Bonchev–Trinajstić information content (AvgIpc) is 3.15. The second-order valence-corrected chi connectivity index (χ2v) is 8.42. The van der Waals surface area contributed by atoms with Crippen molar-refractivity contribution < 1.29 is 18.1 Å². The molecule has 2 aromatic rings. The quantitative estimate of drug-likeness (QED) is 0.622. The molecule has 0 radical (unpaired) electrons. The number of amides is 1. The summed E-state index contributed by atoms with van der Waals surface area (Å²) in [6, 6.07) is 10.2. The Labute approximate surface area is 156 Å². The first-order valence-electron chi connectivity index (χ1n) is 8.40. The van der Waals surface area contributed by atoms with Crippen LogP contribution < -0.4 is 10.2 Å². The van der Waals surface area contributed by atoms with Gasteiger partial charge in [-0.05, 0) is 43.2 Å². The van der Waals surface area contributed by atoms with Crippen molar-refractivity contribution in [3.8, 4) is 0 Å². The Morgan fingerprint density at radius 1 is 1.15 bits per heavy atom. The number of anilines is 2. The number of hydrogen-bond acceptors (Lipinski definition) is 6. The van der Waals surface area contributed by atoms with E-state index in [1.807, 2.05) is 4.90 Å². The number of sulfone groups is 1. The fourth-order valence-corrected chi connectivity index (χ4v) is 3.71. The molecule has 142 valence electrons. The van der Waals surface area contributed by atoms with E-state index in [1.165, 1.54) is 30.3 Å². The van der Waals surface area contributed by atoms with Crippen molar-refractivity contribution in [3.63, 3.8) is 0 Å². The molecular formula is C18H19N3O5S. The molecule has 0 aromatic heterocycles. The Kier molecular flexibility index (Phi) is 5.13. The van der Waals surface area contributed by atoms with Gasteiger partial charge in [-0.1, -0.05) is 6.07 Å². The molecule has 0 saturated carbocycles. The predicted octanol–water partition coefficient (Wildman–Crippen LogP) is 2.85. The molecule has 0 atom stereocenters. The molecule has 1 amide bonds. The second kappa shape index (κ2) is 7.36. The molecule has 1 aliphatic heterocycles. The predicted molar refractivity (Wildman–Crippen MR) is 102 cm³/mol. The van der Waals surface area contributed by atoms with Crippen LogP contribution in [0.5, 0.6) is 0 Å². The molecule has 1 saturated heterocycles. The third kappa shape index (κ3) is 4.25. The second-order valence-electron chi connectivity index (χ2n) is 6.41. The number of benzene rings is 2. The minimum atomic E-state index is -3.40. The Morgan fingerprint density at radius 3 is 2.48 bits per heavy atom. The Hall–Kier alpha value is -2.94. The number of hydrogen-bond donors (Lipinski definition) is 1. The highest BCUT2D eigenvalue weighted by atomic mass is 32.2. The van der Waals surface area contributed by atoms with Crippen LogP contribution in [0.1, 0.15) is 23.2 Å². The van der Waals surface area contributed by atoms with E-state index in [0.717, 1.165) is 32.2 Å². The summed E-state index contributed by atoms with van der Waals surface area (Å²) >= 11 is 0. The highest BCUT2D eigenvalue weighted by molar-refractivity contribution is 7.90. The third-order valence-corrected chi connectivity index (χ3v) is 5.51. The van der Waals surface area contributed by atoms with Gasteiger partial charge in [0.25, 0.3) is 11.6 Å². The van der Waals surface area contributed by atoms with Crippen LogP contribution in [0.25, 0.3) is 0 Å². The Morgan fingerprint density at radius 2 is 1.85 bits per heavy atom. The van der Waals surface area contributed by atoms with E-state index in [9.17, 15) is 23.3 Å². The minimum absolute atomic E-state index is 0.0793. The van der Waals surface area contributed by atoms with Crippen LogP contribution in [-0.4, -0.2) is 38.6 Å². The van der Waals surface area contributed by atoms with E-state index in [0.29, 0.717) is 11.4 Å². The molecule has 1 heterocycles. The Balaban J connectivity index is 1.87. The van der Waals surface area contributed by atoms with Crippen molar-refractivity contribution in [2.45, 2.75) is 17.7 Å². The van der Waals surface area contributed by atoms with E-state index in [-0.39, 0.29) is 16.1 Å². The summed E-state index contributed by atoms with van der Waals surface area (Å²) in [6.07, 6.45) is 3.04. The number of nitro groups is 1. The van der Waals surface area contributed by atoms with Gasteiger partial charge in [0.2, 0.25) is 0 Å². The molecule has 2 aromatic carbocycles. The summed E-state index contributed by atoms with van der Waals surface area (Å²) in [5.74, 6) is -0.545. The summed E-state index contributed by atoms with van der Waals surface area (Å²) in [5, 5.41) is 14.0. The molecule has 1 N–H and O–H groups in total. The number of carbonyl (C=O) groups is 1. The molecule has 0 aliphatic carbocycles. The number of nitrogens with one attached hydrogen (secondary N) is 1. The summed E-state index contributed by atoms with van der Waals surface area (Å²) in [7, 11) is -3.40. The van der Waals surface area contributed by atoms with Gasteiger partial charge >= 0.3 is 0 Å². The van der Waals surface area contributed by atoms with Gasteiger partial charge in [-0.25, -0.2) is 8.42 Å². The molecule has 27 heavy (non-hydrogen) atoms. The van der Waals surface area contributed by atoms with Crippen LogP contribution in [-0.2, 0) is 9.84 Å². The van der Waals surface area contributed by atoms with Crippen molar-refractivity contribution in [3.05, 3.63) is 58.1 Å². The zero-order valence-electron chi connectivity index (χ0n) is 14.7. The maximum absolute atomic E-state index is 12.5. The molecule has 8 nitrogen and oxygen atoms in total. The minimum Gasteiger partial charge on any atom is -0.366 e. The normalized spacial score (nSPS) is 14.2. The van der Waals surface area contributed by atoms with E-state index < -0.39 is 20.7 Å². The SMILES string of the molecule is CS(=O)(=O)c1cccc(NC(=O)c2ccc(N3CCCC3)c([N+](=O)[O-])c2)c1. The van der Waals surface area contributed by atoms with Crippen LogP contribution in [0.3, 0.4) is 0 Å². The first-order valence-corrected chi connectivity index (χ1v) is 10.3. The fourth-order valence-electron chi connectivity index (χ4n) is 3.04. The largest absolute Gasteiger partial charge is 0.366 e. The number of nitro benzene ring substituents is 1. The highest BCUT2D eigenvalue weighted by Crippen LogP contribution is 2.32. The number of rotatable bonds is 5. The standard InChI is InChI=1S/C18H19N3O5S/c1-27(25,26)15-6-4-5-14(12-15)19-18(22)13-7-8-16(17(11-13)21(23)24)20-9-2-3-10-20/h4-8,11-12H,2-3,9-10H2,1H3,(H,19,22). The number of carbonyl (C=O) groups excluding carboxylic acids is 1. The zero-order chi connectivity index (χ0) is 19.6. The lowest BCUT2D eigenvalue weighted by Crippen LogP contribution is -2.19. The molecule has 0 spiro atoms. The smallest absolute Gasteiger partial charge is 0.293 e. The lowest BCUT2D eigenvalue weighted by molar-refractivity contribution is -0.384. The summed E-state index contributed by atoms with van der Waals surface area (Å²) < 4.78 is 23.3. The molecule has 1 fully saturated rings. The molecule has 3 rings (SSSR count). The molecule has 0 bridgehead atoms. The van der Waals surface area contributed by atoms with Crippen molar-refractivity contribution in [1.82, 2.24) is 0 Å². The maximum atomic E-state index is 12.5. The van der Waals surface area contributed by atoms with E-state index >= 15 is 0 Å². The van der Waals surface area contributed by atoms with E-state index in [4.69, 9.17) is 0 Å². The van der Waals surface area contributed by atoms with E-state index in [1.54, 1.807) is 12.1 Å². The van der Waals surface area contributed by atoms with Gasteiger partial charge in [0.05, 0.1) is 9.82 Å². The molecule has 1 aliphatic rings. The van der Waals surface area contributed by atoms with Crippen LogP contribution in [0.4, 0.5) is 17.1 Å². The van der Waals surface area contributed by atoms with Crippen molar-refractivity contribution in [1.29, 1.82) is 0 Å². The van der Waals surface area contributed by atoms with Gasteiger partial charge in [0.1, 0.15) is 5.69 Å². The highest BCUT2D eigenvalue weighted by Gasteiger charge is 2.24. The first-order chi connectivity index (χ1) is 12.8. The number of nitrogens with zero attached hydrogens (tertiary/aromatic N) is 2. The van der Waals surface area contributed by atoms with Crippen LogP contribution in [0.15, 0.2) is 47.4 Å². The fraction of sp³-hybridized carbons (Fsp3) is 0.278. The monoisotopic (exact) mass is 389 g/mol. The summed E-state index contributed by atoms with van der Waals surface area (Å²) in [4.78, 5) is 25.5. The van der Waals surface area contributed by atoms with E-state index in [2.05, 4.69) is 5.32 Å². The van der Waals surface area contributed by atoms with Gasteiger partial charge in [0.15, 0.2) is 9.84 Å².